The molecule has 0 saturated carbocycles. The number of thiazole rings is 1. The van der Waals surface area contributed by atoms with Gasteiger partial charge < -0.3 is 9.40 Å². The van der Waals surface area contributed by atoms with E-state index in [1.807, 2.05) is 390 Å². The zero-order chi connectivity index (χ0) is 101. The van der Waals surface area contributed by atoms with Crippen molar-refractivity contribution >= 4 is 98.9 Å². The Balaban J connectivity index is -0.000000112. The second kappa shape index (κ2) is 107. The van der Waals surface area contributed by atoms with Crippen LogP contribution in [0.5, 0.6) is 0 Å². The average molecular weight is 1800 g/mol. The summed E-state index contributed by atoms with van der Waals surface area (Å²) < 4.78 is 8.74. The van der Waals surface area contributed by atoms with Crippen LogP contribution < -0.4 is 0 Å². The van der Waals surface area contributed by atoms with Crippen molar-refractivity contribution in [2.45, 2.75) is 383 Å². The number of nitrogens with zero attached hydrogens (tertiary/aromatic N) is 13. The van der Waals surface area contributed by atoms with Crippen molar-refractivity contribution in [3.8, 4) is 0 Å². The lowest BCUT2D eigenvalue weighted by molar-refractivity contribution is 0.472. The van der Waals surface area contributed by atoms with Crippen LogP contribution in [0.3, 0.4) is 0 Å². The molecule has 15 rings (SSSR count). The van der Waals surface area contributed by atoms with E-state index in [0.29, 0.717) is 29.8 Å². The van der Waals surface area contributed by atoms with Gasteiger partial charge in [0.1, 0.15) is 38.9 Å². The molecule has 8 heterocycles. The number of aromatic amines is 3. The Kier molecular flexibility index (Phi) is 121. The number of benzene rings is 7. The van der Waals surface area contributed by atoms with Crippen molar-refractivity contribution in [1.29, 1.82) is 0 Å². The zero-order valence-electron chi connectivity index (χ0n) is 91.1. The van der Waals surface area contributed by atoms with E-state index in [1.165, 1.54) is 21.0 Å². The molecule has 17 nitrogen and oxygen atoms in total. The van der Waals surface area contributed by atoms with E-state index in [2.05, 4.69) is 221 Å². The van der Waals surface area contributed by atoms with Gasteiger partial charge in [-0.3, -0.25) is 10.2 Å². The van der Waals surface area contributed by atoms with E-state index in [4.69, 9.17) is 4.42 Å². The molecule has 0 aliphatic heterocycles. The highest BCUT2D eigenvalue weighted by Gasteiger charge is 2.10. The summed E-state index contributed by atoms with van der Waals surface area (Å²) >= 11 is 3.28. The highest BCUT2D eigenvalue weighted by molar-refractivity contribution is 7.18. The molecule has 0 bridgehead atoms. The number of hydrogen-bond donors (Lipinski definition) is 3. The van der Waals surface area contributed by atoms with Gasteiger partial charge in [0, 0.05) is 34.6 Å². The molecule has 127 heavy (non-hydrogen) atoms. The zero-order valence-corrected chi connectivity index (χ0v) is 92.8. The summed E-state index contributed by atoms with van der Waals surface area (Å²) in [5.41, 5.74) is 14.7. The topological polar surface area (TPSA) is 212 Å². The van der Waals surface area contributed by atoms with Gasteiger partial charge in [0.25, 0.3) is 0 Å². The van der Waals surface area contributed by atoms with Crippen LogP contribution in [0, 0.1) is 17.8 Å². The van der Waals surface area contributed by atoms with Crippen LogP contribution in [-0.4, -0.2) is 80.5 Å². The highest BCUT2D eigenvalue weighted by atomic mass is 32.1. The van der Waals surface area contributed by atoms with E-state index in [9.17, 15) is 0 Å². The van der Waals surface area contributed by atoms with Crippen LogP contribution in [0.1, 0.15) is 400 Å². The lowest BCUT2D eigenvalue weighted by Gasteiger charge is -2.03. The molecule has 0 aliphatic rings. The van der Waals surface area contributed by atoms with Crippen molar-refractivity contribution in [2.24, 2.45) is 17.8 Å². The number of aromatic nitrogens is 16. The van der Waals surface area contributed by atoms with Gasteiger partial charge in [-0.2, -0.15) is 25.2 Å². The Morgan fingerprint density at radius 1 is 0.315 bits per heavy atom. The maximum Gasteiger partial charge on any atom is 0.198 e. The van der Waals surface area contributed by atoms with E-state index >= 15 is 0 Å². The third kappa shape index (κ3) is 72.3. The largest absolute Gasteiger partial charge is 0.440 e. The summed E-state index contributed by atoms with van der Waals surface area (Å²) in [5.74, 6) is 5.75. The normalized spacial score (nSPS) is 8.69. The lowest BCUT2D eigenvalue weighted by Crippen LogP contribution is -2.03. The number of nitrogens with one attached hydrogen (secondary N) is 3. The fourth-order valence-electron chi connectivity index (χ4n) is 7.80. The molecule has 0 saturated heterocycles. The van der Waals surface area contributed by atoms with Gasteiger partial charge in [-0.15, -0.1) is 38.0 Å². The van der Waals surface area contributed by atoms with Crippen LogP contribution in [0.15, 0.2) is 198 Å². The van der Waals surface area contributed by atoms with Crippen molar-refractivity contribution in [3.63, 3.8) is 0 Å². The predicted octanol–water partition coefficient (Wildman–Crippen LogP) is 38.2. The standard InChI is InChI=1S/C10H12N2.C10H11NO.C10H11NS.2C9H11N3.2C7H6N2.3C4H10.C2H2N2S.16C2H6/c3*1-7(2)10-11-8-5-3-4-6-9(8)12-10;1-7(2)12-9-6-4-3-5-8(9)10-11-12;1-7(2)12-10-8-5-3-4-6-9(8)11-12;2*1-2-4-7-6(3-1)5-8-9-7;3*1-4(2)3;1-3-4-2-5-1;16*1-2/h3-7H,1-2H3,(H,11,12);4*3-7H,1-2H3;2*1-5H,(H,8,9);3*4H,1-3H3;1-2H;16*1-2H3. The summed E-state index contributed by atoms with van der Waals surface area (Å²) in [7, 11) is 0. The van der Waals surface area contributed by atoms with Gasteiger partial charge in [0.15, 0.2) is 11.5 Å². The minimum Gasteiger partial charge on any atom is -0.440 e. The number of hydrogen-bond acceptors (Lipinski definition) is 14. The maximum atomic E-state index is 5.52. The van der Waals surface area contributed by atoms with Crippen LogP contribution in [0.4, 0.5) is 0 Å². The Labute approximate surface area is 789 Å². The third-order valence-corrected chi connectivity index (χ3v) is 13.9. The molecule has 0 atom stereocenters. The summed E-state index contributed by atoms with van der Waals surface area (Å²) in [6.45, 7) is 105. The smallest absolute Gasteiger partial charge is 0.198 e. The summed E-state index contributed by atoms with van der Waals surface area (Å²) in [6, 6.07) is 56.8. The third-order valence-electron chi connectivity index (χ3n) is 12.2. The molecule has 19 heteroatoms. The Morgan fingerprint density at radius 3 is 0.984 bits per heavy atom. The molecule has 8 aromatic heterocycles. The van der Waals surface area contributed by atoms with Gasteiger partial charge in [0.05, 0.1) is 61.2 Å². The Morgan fingerprint density at radius 2 is 0.654 bits per heavy atom. The summed E-state index contributed by atoms with van der Waals surface area (Å²) in [5, 5.41) is 40.8. The molecule has 0 aliphatic carbocycles. The Hall–Kier alpha value is -9.33. The number of fused-ring (bicyclic) bond motifs is 7. The fraction of sp³-hybridized carbons (Fsp3) is 0.546. The number of oxazole rings is 1. The molecule has 0 spiro atoms. The number of para-hydroxylation sites is 8. The minimum atomic E-state index is 0.331. The van der Waals surface area contributed by atoms with E-state index < -0.39 is 0 Å². The van der Waals surface area contributed by atoms with Crippen LogP contribution in [-0.2, 0) is 0 Å². The minimum absolute atomic E-state index is 0.331. The number of imidazole rings is 1. The van der Waals surface area contributed by atoms with Crippen molar-refractivity contribution in [2.75, 3.05) is 0 Å². The first-order valence-corrected chi connectivity index (χ1v) is 50.5. The second-order valence-corrected chi connectivity index (χ2v) is 27.3. The molecule has 726 valence electrons. The van der Waals surface area contributed by atoms with Gasteiger partial charge >= 0.3 is 0 Å². The van der Waals surface area contributed by atoms with Crippen molar-refractivity contribution < 1.29 is 4.42 Å². The molecule has 7 aromatic carbocycles. The first kappa shape index (κ1) is 143. The lowest BCUT2D eigenvalue weighted by atomic mass is 10.2. The van der Waals surface area contributed by atoms with Gasteiger partial charge in [0.2, 0.25) is 0 Å². The average Bonchev–Trinajstić information content (AvgIpc) is 1.70. The van der Waals surface area contributed by atoms with Gasteiger partial charge in [-0.25, -0.2) is 19.6 Å². The maximum absolute atomic E-state index is 5.52. The van der Waals surface area contributed by atoms with Crippen LogP contribution in [0.2, 0.25) is 0 Å². The second-order valence-electron chi connectivity index (χ2n) is 25.6. The van der Waals surface area contributed by atoms with Gasteiger partial charge in [-0.05, 0) is 118 Å². The molecule has 0 unspecified atom stereocenters. The molecule has 15 aromatic rings. The van der Waals surface area contributed by atoms with E-state index in [0.717, 1.165) is 101 Å². The quantitative estimate of drug-likeness (QED) is 0.147. The van der Waals surface area contributed by atoms with Crippen molar-refractivity contribution in [1.82, 2.24) is 80.5 Å². The first-order chi connectivity index (χ1) is 61.5. The molecule has 0 amide bonds. The summed E-state index contributed by atoms with van der Waals surface area (Å²) in [4.78, 5) is 18.4. The van der Waals surface area contributed by atoms with Crippen LogP contribution in [0.25, 0.3) is 76.2 Å². The first-order valence-electron chi connectivity index (χ1n) is 48.7. The highest BCUT2D eigenvalue weighted by Crippen LogP contribution is 2.27. The summed E-state index contributed by atoms with van der Waals surface area (Å²) in [6.07, 6.45) is 3.63. The Bertz CT molecular complexity index is 3830. The predicted molar refractivity (Wildman–Crippen MR) is 583 cm³/mol. The van der Waals surface area contributed by atoms with E-state index in [-0.39, 0.29) is 0 Å². The van der Waals surface area contributed by atoms with Crippen molar-refractivity contribution in [3.05, 3.63) is 210 Å². The number of rotatable bonds is 5. The fourth-order valence-corrected chi connectivity index (χ4v) is 9.04. The van der Waals surface area contributed by atoms with E-state index in [1.54, 1.807) is 27.2 Å². The molecule has 0 radical (unpaired) electrons. The molecule has 3 N–H and O–H groups in total. The monoisotopic (exact) mass is 1800 g/mol. The number of H-pyrrole nitrogens is 3. The molecular weight excluding hydrogens is 1600 g/mol. The molecular formula is C108H196N16OS2. The molecule has 0 fully saturated rings. The SMILES string of the molecule is CC.CC.CC.CC.CC.CC.CC.CC.CC.CC.CC.CC.CC.CC.CC.CC.CC(C)C.CC(C)C.CC(C)C.CC(C)c1nc2ccccc2[nH]1.CC(C)c1nc2ccccc2o1.CC(C)c1nc2ccccc2s1.CC(C)n1nc2ccccc2n1.CC(C)n1nnc2ccccc21.c1ccc2[nH]ncc2c1.c1ccc2[nH]ncc2c1.c1nncs1. The van der Waals surface area contributed by atoms with Gasteiger partial charge in [-0.1, -0.05) is 428 Å². The van der Waals surface area contributed by atoms with Crippen LogP contribution >= 0.6 is 22.7 Å².